The van der Waals surface area contributed by atoms with Crippen LogP contribution in [0.25, 0.3) is 0 Å². The number of amides is 1. The minimum absolute atomic E-state index is 0.126. The molecule has 1 aromatic heterocycles. The molecular formula is C21H24FN3O2. The minimum Gasteiger partial charge on any atom is -0.489 e. The number of fused-ring (bicyclic) bond motifs is 1. The fourth-order valence-corrected chi connectivity index (χ4v) is 3.92. The number of aromatic nitrogens is 1. The van der Waals surface area contributed by atoms with Gasteiger partial charge in [0, 0.05) is 44.5 Å². The van der Waals surface area contributed by atoms with Crippen molar-refractivity contribution in [3.8, 4) is 5.75 Å². The van der Waals surface area contributed by atoms with E-state index in [1.54, 1.807) is 30.6 Å². The number of benzene rings is 1. The Balaban J connectivity index is 1.13. The predicted octanol–water partition coefficient (Wildman–Crippen LogP) is 2.28. The van der Waals surface area contributed by atoms with Crippen molar-refractivity contribution >= 4 is 5.91 Å². The van der Waals surface area contributed by atoms with Crippen molar-refractivity contribution in [2.45, 2.75) is 18.9 Å². The molecule has 3 atom stereocenters. The molecule has 1 aliphatic carbocycles. The summed E-state index contributed by atoms with van der Waals surface area (Å²) in [6.45, 7) is 3.20. The summed E-state index contributed by atoms with van der Waals surface area (Å²) in [5, 5.41) is 3.17. The van der Waals surface area contributed by atoms with Crippen molar-refractivity contribution in [1.82, 2.24) is 15.2 Å². The third-order valence-electron chi connectivity index (χ3n) is 5.49. The topological polar surface area (TPSA) is 54.5 Å². The van der Waals surface area contributed by atoms with Gasteiger partial charge in [-0.15, -0.1) is 0 Å². The summed E-state index contributed by atoms with van der Waals surface area (Å²) in [7, 11) is 0. The van der Waals surface area contributed by atoms with Crippen LogP contribution in [-0.2, 0) is 11.2 Å². The van der Waals surface area contributed by atoms with Crippen molar-refractivity contribution in [3.05, 3.63) is 60.2 Å². The van der Waals surface area contributed by atoms with Gasteiger partial charge in [0.2, 0.25) is 5.91 Å². The van der Waals surface area contributed by atoms with Crippen LogP contribution in [0.3, 0.4) is 0 Å². The van der Waals surface area contributed by atoms with Crippen LogP contribution in [0.4, 0.5) is 4.39 Å². The lowest BCUT2D eigenvalue weighted by Crippen LogP contribution is -2.36. The van der Waals surface area contributed by atoms with Gasteiger partial charge < -0.3 is 10.1 Å². The SMILES string of the molecule is O=C(CCc1ccncc1)NC1[C@H]2CN(CCOc3ccccc3F)C[C@@H]12. The molecule has 6 heteroatoms. The highest BCUT2D eigenvalue weighted by atomic mass is 19.1. The molecule has 1 amide bonds. The number of aryl methyl sites for hydroxylation is 1. The van der Waals surface area contributed by atoms with Gasteiger partial charge in [-0.2, -0.15) is 0 Å². The third kappa shape index (κ3) is 4.45. The Morgan fingerprint density at radius 2 is 1.93 bits per heavy atom. The van der Waals surface area contributed by atoms with E-state index < -0.39 is 0 Å². The van der Waals surface area contributed by atoms with Crippen LogP contribution in [0, 0.1) is 17.7 Å². The number of nitrogens with zero attached hydrogens (tertiary/aromatic N) is 2. The first kappa shape index (κ1) is 17.9. The van der Waals surface area contributed by atoms with Gasteiger partial charge in [-0.1, -0.05) is 12.1 Å². The number of nitrogens with one attached hydrogen (secondary N) is 1. The number of carbonyl (C=O) groups excluding carboxylic acids is 1. The molecule has 0 radical (unpaired) electrons. The van der Waals surface area contributed by atoms with E-state index in [1.165, 1.54) is 6.07 Å². The lowest BCUT2D eigenvalue weighted by Gasteiger charge is -2.20. The Morgan fingerprint density at radius 3 is 2.67 bits per heavy atom. The molecule has 1 saturated heterocycles. The summed E-state index contributed by atoms with van der Waals surface area (Å²) >= 11 is 0. The van der Waals surface area contributed by atoms with Crippen LogP contribution < -0.4 is 10.1 Å². The van der Waals surface area contributed by atoms with Crippen molar-refractivity contribution in [2.75, 3.05) is 26.2 Å². The molecule has 2 aromatic rings. The molecular weight excluding hydrogens is 345 g/mol. The number of ether oxygens (including phenoxy) is 1. The Kier molecular flexibility index (Phi) is 5.34. The van der Waals surface area contributed by atoms with E-state index in [-0.39, 0.29) is 11.7 Å². The van der Waals surface area contributed by atoms with Crippen molar-refractivity contribution < 1.29 is 13.9 Å². The molecule has 1 aliphatic heterocycles. The Bertz CT molecular complexity index is 774. The normalized spacial score (nSPS) is 23.7. The van der Waals surface area contributed by atoms with Crippen LogP contribution in [0.1, 0.15) is 12.0 Å². The average molecular weight is 369 g/mol. The summed E-state index contributed by atoms with van der Waals surface area (Å²) < 4.78 is 19.0. The van der Waals surface area contributed by atoms with Gasteiger partial charge in [0.1, 0.15) is 6.61 Å². The fraction of sp³-hybridized carbons (Fsp3) is 0.429. The molecule has 2 aliphatic rings. The van der Waals surface area contributed by atoms with E-state index in [1.807, 2.05) is 12.1 Å². The van der Waals surface area contributed by atoms with Crippen molar-refractivity contribution in [2.24, 2.45) is 11.8 Å². The van der Waals surface area contributed by atoms with Gasteiger partial charge in [-0.25, -0.2) is 4.39 Å². The first-order valence-electron chi connectivity index (χ1n) is 9.48. The molecule has 2 fully saturated rings. The van der Waals surface area contributed by atoms with Gasteiger partial charge in [0.05, 0.1) is 0 Å². The standard InChI is InChI=1S/C21H24FN3O2/c22-18-3-1-2-4-19(18)27-12-11-25-13-16-17(14-25)21(16)24-20(26)6-5-15-7-9-23-10-8-15/h1-4,7-10,16-17,21H,5-6,11-14H2,(H,24,26)/t16-,17+,21?. The van der Waals surface area contributed by atoms with E-state index in [0.29, 0.717) is 36.7 Å². The highest BCUT2D eigenvalue weighted by molar-refractivity contribution is 5.77. The van der Waals surface area contributed by atoms with Crippen LogP contribution in [-0.4, -0.2) is 48.1 Å². The molecule has 2 heterocycles. The van der Waals surface area contributed by atoms with E-state index in [2.05, 4.69) is 15.2 Å². The molecule has 1 N–H and O–H groups in total. The highest BCUT2D eigenvalue weighted by Gasteiger charge is 2.56. The Labute approximate surface area is 158 Å². The maximum atomic E-state index is 13.5. The summed E-state index contributed by atoms with van der Waals surface area (Å²) in [5.74, 6) is 1.20. The lowest BCUT2D eigenvalue weighted by atomic mass is 10.1. The van der Waals surface area contributed by atoms with Gasteiger partial charge >= 0.3 is 0 Å². The zero-order chi connectivity index (χ0) is 18.6. The van der Waals surface area contributed by atoms with Gasteiger partial charge in [0.15, 0.2) is 11.6 Å². The van der Waals surface area contributed by atoms with Gasteiger partial charge in [-0.3, -0.25) is 14.7 Å². The van der Waals surface area contributed by atoms with E-state index in [9.17, 15) is 9.18 Å². The first-order valence-corrected chi connectivity index (χ1v) is 9.48. The van der Waals surface area contributed by atoms with E-state index >= 15 is 0 Å². The number of likely N-dealkylation sites (tertiary alicyclic amines) is 1. The molecule has 1 aromatic carbocycles. The zero-order valence-electron chi connectivity index (χ0n) is 15.2. The molecule has 4 rings (SSSR count). The quantitative estimate of drug-likeness (QED) is 0.776. The molecule has 27 heavy (non-hydrogen) atoms. The number of hydrogen-bond acceptors (Lipinski definition) is 4. The second-order valence-corrected chi connectivity index (χ2v) is 7.31. The highest BCUT2D eigenvalue weighted by Crippen LogP contribution is 2.45. The lowest BCUT2D eigenvalue weighted by molar-refractivity contribution is -0.121. The maximum Gasteiger partial charge on any atom is 0.220 e. The molecule has 142 valence electrons. The zero-order valence-corrected chi connectivity index (χ0v) is 15.2. The fourth-order valence-electron chi connectivity index (χ4n) is 3.92. The second kappa shape index (κ2) is 8.05. The van der Waals surface area contributed by atoms with Crippen LogP contribution in [0.5, 0.6) is 5.75 Å². The summed E-state index contributed by atoms with van der Waals surface area (Å²) in [6, 6.07) is 10.7. The predicted molar refractivity (Wildman–Crippen MR) is 99.8 cm³/mol. The summed E-state index contributed by atoms with van der Waals surface area (Å²) in [6.07, 6.45) is 4.77. The van der Waals surface area contributed by atoms with Gasteiger partial charge in [-0.05, 0) is 48.1 Å². The summed E-state index contributed by atoms with van der Waals surface area (Å²) in [4.78, 5) is 18.5. The first-order chi connectivity index (χ1) is 13.2. The Morgan fingerprint density at radius 1 is 1.19 bits per heavy atom. The smallest absolute Gasteiger partial charge is 0.220 e. The van der Waals surface area contributed by atoms with Crippen LogP contribution in [0.15, 0.2) is 48.8 Å². The van der Waals surface area contributed by atoms with Gasteiger partial charge in [0.25, 0.3) is 0 Å². The number of carbonyl (C=O) groups is 1. The van der Waals surface area contributed by atoms with E-state index in [0.717, 1.165) is 31.6 Å². The Hall–Kier alpha value is -2.47. The van der Waals surface area contributed by atoms with Crippen LogP contribution >= 0.6 is 0 Å². The largest absolute Gasteiger partial charge is 0.489 e. The molecule has 1 saturated carbocycles. The van der Waals surface area contributed by atoms with E-state index in [4.69, 9.17) is 4.74 Å². The number of rotatable bonds is 8. The van der Waals surface area contributed by atoms with Crippen LogP contribution in [0.2, 0.25) is 0 Å². The molecule has 0 bridgehead atoms. The van der Waals surface area contributed by atoms with Crippen molar-refractivity contribution in [3.63, 3.8) is 0 Å². The maximum absolute atomic E-state index is 13.5. The number of halogens is 1. The number of hydrogen-bond donors (Lipinski definition) is 1. The third-order valence-corrected chi connectivity index (χ3v) is 5.49. The number of para-hydroxylation sites is 1. The number of piperidine rings is 1. The minimum atomic E-state index is -0.323. The molecule has 0 spiro atoms. The summed E-state index contributed by atoms with van der Waals surface area (Å²) in [5.41, 5.74) is 1.14. The second-order valence-electron chi connectivity index (χ2n) is 7.31. The molecule has 5 nitrogen and oxygen atoms in total. The van der Waals surface area contributed by atoms with Crippen molar-refractivity contribution in [1.29, 1.82) is 0 Å². The molecule has 1 unspecified atom stereocenters. The average Bonchev–Trinajstić information content (AvgIpc) is 3.12. The number of pyridine rings is 1. The monoisotopic (exact) mass is 369 g/mol.